The smallest absolute Gasteiger partial charge is 0.175 e. The number of hydrogen-bond acceptors (Lipinski definition) is 4. The van der Waals surface area contributed by atoms with Crippen LogP contribution >= 0.6 is 0 Å². The second-order valence-electron chi connectivity index (χ2n) is 4.41. The van der Waals surface area contributed by atoms with Crippen LogP contribution in [0.25, 0.3) is 22.3 Å². The molecule has 0 saturated heterocycles. The summed E-state index contributed by atoms with van der Waals surface area (Å²) in [7, 11) is -3.49. The Labute approximate surface area is 114 Å². The molecule has 0 unspecified atom stereocenters. The molecule has 102 valence electrons. The first-order chi connectivity index (χ1) is 9.45. The molecule has 3 rings (SSSR count). The van der Waals surface area contributed by atoms with Crippen LogP contribution in [0.15, 0.2) is 41.7 Å². The summed E-state index contributed by atoms with van der Waals surface area (Å²) >= 11 is 0. The van der Waals surface area contributed by atoms with Crippen molar-refractivity contribution < 1.29 is 12.8 Å². The highest BCUT2D eigenvalue weighted by atomic mass is 32.2. The van der Waals surface area contributed by atoms with E-state index in [1.54, 1.807) is 12.3 Å². The van der Waals surface area contributed by atoms with Crippen LogP contribution in [0.4, 0.5) is 4.39 Å². The van der Waals surface area contributed by atoms with E-state index in [9.17, 15) is 12.8 Å². The van der Waals surface area contributed by atoms with Crippen LogP contribution in [-0.4, -0.2) is 29.6 Å². The summed E-state index contributed by atoms with van der Waals surface area (Å²) in [5.74, 6) is -0.620. The monoisotopic (exact) mass is 291 g/mol. The quantitative estimate of drug-likeness (QED) is 0.785. The van der Waals surface area contributed by atoms with Crippen LogP contribution in [0.5, 0.6) is 0 Å². The Kier molecular flexibility index (Phi) is 2.79. The molecule has 7 heteroatoms. The molecule has 1 N–H and O–H groups in total. The largest absolute Gasteiger partial charge is 0.346 e. The number of nitrogens with one attached hydrogen (secondary N) is 1. The highest BCUT2D eigenvalue weighted by Gasteiger charge is 2.14. The fraction of sp³-hybridized carbons (Fsp3) is 0.0769. The molecule has 0 aliphatic rings. The van der Waals surface area contributed by atoms with Gasteiger partial charge in [0.05, 0.1) is 10.6 Å². The van der Waals surface area contributed by atoms with E-state index in [4.69, 9.17) is 0 Å². The lowest BCUT2D eigenvalue weighted by atomic mass is 10.1. The maximum Gasteiger partial charge on any atom is 0.175 e. The Morgan fingerprint density at radius 3 is 2.75 bits per heavy atom. The van der Waals surface area contributed by atoms with Crippen LogP contribution in [0.2, 0.25) is 0 Å². The molecule has 0 radical (unpaired) electrons. The van der Waals surface area contributed by atoms with Crippen molar-refractivity contribution in [2.45, 2.75) is 4.90 Å². The van der Waals surface area contributed by atoms with Crippen LogP contribution in [0.1, 0.15) is 0 Å². The Hall–Kier alpha value is -2.28. The number of sulfone groups is 1. The highest BCUT2D eigenvalue weighted by molar-refractivity contribution is 7.90. The minimum absolute atomic E-state index is 0.0743. The maximum absolute atomic E-state index is 13.7. The van der Waals surface area contributed by atoms with Gasteiger partial charge >= 0.3 is 0 Å². The molecule has 0 aliphatic carbocycles. The van der Waals surface area contributed by atoms with Crippen molar-refractivity contribution in [3.8, 4) is 11.3 Å². The first-order valence-electron chi connectivity index (χ1n) is 5.74. The second-order valence-corrected chi connectivity index (χ2v) is 6.43. The fourth-order valence-electron chi connectivity index (χ4n) is 2.02. The summed E-state index contributed by atoms with van der Waals surface area (Å²) in [6.45, 7) is 0. The Morgan fingerprint density at radius 1 is 1.20 bits per heavy atom. The number of benzene rings is 1. The predicted octanol–water partition coefficient (Wildman–Crippen LogP) is 2.17. The Balaban J connectivity index is 2.30. The van der Waals surface area contributed by atoms with Gasteiger partial charge in [-0.25, -0.2) is 22.8 Å². The zero-order valence-corrected chi connectivity index (χ0v) is 11.3. The number of fused-ring (bicyclic) bond motifs is 1. The van der Waals surface area contributed by atoms with E-state index < -0.39 is 15.7 Å². The molecule has 0 aliphatic heterocycles. The summed E-state index contributed by atoms with van der Waals surface area (Å²) in [4.78, 5) is 11.0. The first kappa shape index (κ1) is 12.7. The standard InChI is InChI=1S/C13H10FN3O2S/c1-20(18,19)10-5-8(4-9(14)6-10)12-11-2-3-15-13(11)17-7-16-12/h2-7H,1H3,(H,15,16,17). The molecular formula is C13H10FN3O2S. The first-order valence-corrected chi connectivity index (χ1v) is 7.63. The van der Waals surface area contributed by atoms with Gasteiger partial charge in [0.25, 0.3) is 0 Å². The summed E-state index contributed by atoms with van der Waals surface area (Å²) in [5, 5.41) is 0.706. The minimum Gasteiger partial charge on any atom is -0.346 e. The van der Waals surface area contributed by atoms with Gasteiger partial charge in [0.1, 0.15) is 17.8 Å². The van der Waals surface area contributed by atoms with E-state index >= 15 is 0 Å². The molecule has 0 spiro atoms. The third-order valence-corrected chi connectivity index (χ3v) is 4.02. The van der Waals surface area contributed by atoms with Crippen molar-refractivity contribution in [1.29, 1.82) is 0 Å². The SMILES string of the molecule is CS(=O)(=O)c1cc(F)cc(-c2ncnc3[nH]ccc23)c1. The van der Waals surface area contributed by atoms with E-state index in [1.165, 1.54) is 18.5 Å². The summed E-state index contributed by atoms with van der Waals surface area (Å²) in [6, 6.07) is 5.42. The molecule has 0 amide bonds. The zero-order valence-electron chi connectivity index (χ0n) is 10.5. The Bertz CT molecular complexity index is 903. The van der Waals surface area contributed by atoms with Gasteiger partial charge in [-0.3, -0.25) is 0 Å². The highest BCUT2D eigenvalue weighted by Crippen LogP contribution is 2.27. The van der Waals surface area contributed by atoms with Crippen LogP contribution in [0.3, 0.4) is 0 Å². The third kappa shape index (κ3) is 2.16. The van der Waals surface area contributed by atoms with Gasteiger partial charge in [0.2, 0.25) is 0 Å². The molecule has 2 heterocycles. The molecule has 5 nitrogen and oxygen atoms in total. The number of rotatable bonds is 2. The summed E-state index contributed by atoms with van der Waals surface area (Å²) in [5.41, 5.74) is 1.50. The third-order valence-electron chi connectivity index (χ3n) is 2.93. The summed E-state index contributed by atoms with van der Waals surface area (Å²) < 4.78 is 36.8. The van der Waals surface area contributed by atoms with E-state index in [0.29, 0.717) is 22.3 Å². The van der Waals surface area contributed by atoms with Crippen molar-refractivity contribution in [3.05, 3.63) is 42.6 Å². The van der Waals surface area contributed by atoms with Crippen molar-refractivity contribution in [2.75, 3.05) is 6.26 Å². The molecule has 2 aromatic heterocycles. The van der Waals surface area contributed by atoms with Gasteiger partial charge in [-0.2, -0.15) is 0 Å². The number of halogens is 1. The van der Waals surface area contributed by atoms with Gasteiger partial charge in [-0.15, -0.1) is 0 Å². The fourth-order valence-corrected chi connectivity index (χ4v) is 2.68. The van der Waals surface area contributed by atoms with Gasteiger partial charge in [0, 0.05) is 23.4 Å². The van der Waals surface area contributed by atoms with E-state index in [1.807, 2.05) is 0 Å². The molecule has 0 atom stereocenters. The molecule has 1 aromatic carbocycles. The molecule has 20 heavy (non-hydrogen) atoms. The normalized spacial score (nSPS) is 11.9. The molecule has 0 saturated carbocycles. The lowest BCUT2D eigenvalue weighted by Gasteiger charge is -2.05. The van der Waals surface area contributed by atoms with Gasteiger partial charge < -0.3 is 4.98 Å². The Morgan fingerprint density at radius 2 is 2.00 bits per heavy atom. The van der Waals surface area contributed by atoms with E-state index in [2.05, 4.69) is 15.0 Å². The lowest BCUT2D eigenvalue weighted by molar-refractivity contribution is 0.596. The van der Waals surface area contributed by atoms with Crippen molar-refractivity contribution in [3.63, 3.8) is 0 Å². The van der Waals surface area contributed by atoms with Crippen LogP contribution in [0, 0.1) is 5.82 Å². The second kappa shape index (κ2) is 4.38. The summed E-state index contributed by atoms with van der Waals surface area (Å²) in [6.07, 6.45) is 4.08. The lowest BCUT2D eigenvalue weighted by Crippen LogP contribution is -1.99. The molecule has 3 aromatic rings. The number of aromatic nitrogens is 3. The van der Waals surface area contributed by atoms with Crippen LogP contribution < -0.4 is 0 Å². The average molecular weight is 291 g/mol. The molecule has 0 bridgehead atoms. The molecular weight excluding hydrogens is 281 g/mol. The molecule has 0 fully saturated rings. The maximum atomic E-state index is 13.7. The number of nitrogens with zero attached hydrogens (tertiary/aromatic N) is 2. The van der Waals surface area contributed by atoms with E-state index in [-0.39, 0.29) is 4.90 Å². The van der Waals surface area contributed by atoms with Crippen LogP contribution in [-0.2, 0) is 9.84 Å². The van der Waals surface area contributed by atoms with Gasteiger partial charge in [0.15, 0.2) is 9.84 Å². The predicted molar refractivity (Wildman–Crippen MR) is 72.4 cm³/mol. The zero-order chi connectivity index (χ0) is 14.3. The number of hydrogen-bond donors (Lipinski definition) is 1. The van der Waals surface area contributed by atoms with Gasteiger partial charge in [-0.1, -0.05) is 0 Å². The van der Waals surface area contributed by atoms with E-state index in [0.717, 1.165) is 12.3 Å². The topological polar surface area (TPSA) is 75.7 Å². The minimum atomic E-state index is -3.49. The van der Waals surface area contributed by atoms with Crippen molar-refractivity contribution in [2.24, 2.45) is 0 Å². The average Bonchev–Trinajstić information content (AvgIpc) is 2.84. The van der Waals surface area contributed by atoms with Crippen molar-refractivity contribution in [1.82, 2.24) is 15.0 Å². The number of aromatic amines is 1. The van der Waals surface area contributed by atoms with Gasteiger partial charge in [-0.05, 0) is 24.3 Å². The van der Waals surface area contributed by atoms with Crippen molar-refractivity contribution >= 4 is 20.9 Å². The number of H-pyrrole nitrogens is 1.